The van der Waals surface area contributed by atoms with E-state index in [2.05, 4.69) is 11.1 Å². The fourth-order valence-electron chi connectivity index (χ4n) is 3.35. The van der Waals surface area contributed by atoms with Gasteiger partial charge in [-0.2, -0.15) is 0 Å². The summed E-state index contributed by atoms with van der Waals surface area (Å²) in [7, 11) is 0. The number of fused-ring (bicyclic) bond motifs is 1. The molecule has 2 aromatic carbocycles. The highest BCUT2D eigenvalue weighted by atomic mass is 32.1. The Morgan fingerprint density at radius 3 is 2.48 bits per heavy atom. The number of hydrogen-bond acceptors (Lipinski definition) is 3. The van der Waals surface area contributed by atoms with Gasteiger partial charge in [0.2, 0.25) is 5.91 Å². The maximum atomic E-state index is 12.8. The zero-order chi connectivity index (χ0) is 19.6. The normalized spacial score (nSPS) is 10.9. The van der Waals surface area contributed by atoms with E-state index in [1.807, 2.05) is 51.1 Å². The molecule has 140 valence electrons. The predicted molar refractivity (Wildman–Crippen MR) is 112 cm³/mol. The highest BCUT2D eigenvalue weighted by molar-refractivity contribution is 7.71. The van der Waals surface area contributed by atoms with Gasteiger partial charge in [-0.25, -0.2) is 0 Å². The van der Waals surface area contributed by atoms with Gasteiger partial charge >= 0.3 is 0 Å². The van der Waals surface area contributed by atoms with Crippen LogP contribution in [0.4, 0.5) is 5.69 Å². The van der Waals surface area contributed by atoms with Crippen LogP contribution in [-0.2, 0) is 11.3 Å². The lowest BCUT2D eigenvalue weighted by molar-refractivity contribution is -0.118. The van der Waals surface area contributed by atoms with Gasteiger partial charge in [-0.15, -0.1) is 0 Å². The molecule has 0 atom stereocenters. The number of para-hydroxylation sites is 1. The quantitative estimate of drug-likeness (QED) is 0.677. The molecule has 3 aromatic rings. The van der Waals surface area contributed by atoms with Gasteiger partial charge < -0.3 is 9.88 Å². The van der Waals surface area contributed by atoms with Crippen molar-refractivity contribution in [2.24, 2.45) is 0 Å². The summed E-state index contributed by atoms with van der Waals surface area (Å²) < 4.78 is 1.80. The lowest BCUT2D eigenvalue weighted by atomic mass is 10.1. The summed E-state index contributed by atoms with van der Waals surface area (Å²) in [5.74, 6) is -0.0306. The fraction of sp³-hybridized carbons (Fsp3) is 0.286. The molecule has 0 spiro atoms. The summed E-state index contributed by atoms with van der Waals surface area (Å²) in [6.07, 6.45) is 0.205. The van der Waals surface area contributed by atoms with E-state index in [1.54, 1.807) is 11.0 Å². The van der Waals surface area contributed by atoms with E-state index in [9.17, 15) is 9.59 Å². The van der Waals surface area contributed by atoms with E-state index < -0.39 is 0 Å². The fourth-order valence-corrected chi connectivity index (χ4v) is 3.64. The minimum absolute atomic E-state index is 0.0306. The Bertz CT molecular complexity index is 1090. The van der Waals surface area contributed by atoms with Crippen LogP contribution in [0.15, 0.2) is 47.3 Å². The summed E-state index contributed by atoms with van der Waals surface area (Å²) in [5.41, 5.74) is 3.65. The topological polar surface area (TPSA) is 58.1 Å². The van der Waals surface area contributed by atoms with Crippen LogP contribution in [0.5, 0.6) is 0 Å². The monoisotopic (exact) mass is 381 g/mol. The van der Waals surface area contributed by atoms with Crippen LogP contribution in [0.2, 0.25) is 0 Å². The van der Waals surface area contributed by atoms with Gasteiger partial charge in [-0.05, 0) is 68.4 Å². The number of carbonyl (C=O) groups excluding carboxylic acids is 1. The van der Waals surface area contributed by atoms with Crippen LogP contribution >= 0.6 is 12.2 Å². The third kappa shape index (κ3) is 4.01. The van der Waals surface area contributed by atoms with Gasteiger partial charge in [-0.1, -0.05) is 18.2 Å². The molecule has 0 fully saturated rings. The molecule has 1 heterocycles. The van der Waals surface area contributed by atoms with Crippen molar-refractivity contribution in [1.29, 1.82) is 0 Å². The molecule has 0 aliphatic heterocycles. The van der Waals surface area contributed by atoms with Gasteiger partial charge in [0.1, 0.15) is 0 Å². The zero-order valence-corrected chi connectivity index (χ0v) is 16.6. The van der Waals surface area contributed by atoms with Crippen LogP contribution in [0.3, 0.4) is 0 Å². The zero-order valence-electron chi connectivity index (χ0n) is 15.8. The number of amides is 1. The molecular weight excluding hydrogens is 358 g/mol. The first-order valence-electron chi connectivity index (χ1n) is 9.01. The van der Waals surface area contributed by atoms with Gasteiger partial charge in [0.15, 0.2) is 4.77 Å². The predicted octanol–water partition coefficient (Wildman–Crippen LogP) is 4.12. The van der Waals surface area contributed by atoms with Crippen molar-refractivity contribution in [2.75, 3.05) is 11.4 Å². The standard InChI is InChI=1S/C21H23N3O2S/c1-4-23(16-12-14(2)11-15(3)13-16)19(25)9-10-24-20(26)17-7-5-6-8-18(17)22-21(24)27/h5-8,11-13H,4,9-10H2,1-3H3,(H,22,27). The first kappa shape index (κ1) is 19.0. The molecule has 27 heavy (non-hydrogen) atoms. The van der Waals surface area contributed by atoms with E-state index in [-0.39, 0.29) is 24.4 Å². The van der Waals surface area contributed by atoms with Crippen molar-refractivity contribution in [3.63, 3.8) is 0 Å². The Morgan fingerprint density at radius 1 is 1.15 bits per heavy atom. The van der Waals surface area contributed by atoms with E-state index in [0.717, 1.165) is 16.8 Å². The van der Waals surface area contributed by atoms with E-state index >= 15 is 0 Å². The number of benzene rings is 2. The molecule has 6 heteroatoms. The molecule has 1 N–H and O–H groups in total. The number of carbonyl (C=O) groups is 1. The molecule has 1 amide bonds. The Hall–Kier alpha value is -2.73. The van der Waals surface area contributed by atoms with Crippen LogP contribution < -0.4 is 10.5 Å². The Kier molecular flexibility index (Phi) is 5.56. The smallest absolute Gasteiger partial charge is 0.262 e. The molecule has 0 saturated carbocycles. The number of nitrogens with zero attached hydrogens (tertiary/aromatic N) is 2. The minimum atomic E-state index is -0.170. The highest BCUT2D eigenvalue weighted by Gasteiger charge is 2.15. The first-order valence-corrected chi connectivity index (χ1v) is 9.42. The van der Waals surface area contributed by atoms with Crippen LogP contribution in [0.1, 0.15) is 24.5 Å². The molecule has 0 saturated heterocycles. The molecule has 0 radical (unpaired) electrons. The number of H-pyrrole nitrogens is 1. The Labute approximate surface area is 163 Å². The number of nitrogens with one attached hydrogen (secondary N) is 1. The van der Waals surface area contributed by atoms with Gasteiger partial charge in [0, 0.05) is 25.2 Å². The molecule has 0 bridgehead atoms. The lowest BCUT2D eigenvalue weighted by Gasteiger charge is -2.22. The maximum absolute atomic E-state index is 12.8. The Morgan fingerprint density at radius 2 is 1.81 bits per heavy atom. The summed E-state index contributed by atoms with van der Waals surface area (Å²) in [6, 6.07) is 13.3. The number of aromatic amines is 1. The SMILES string of the molecule is CCN(C(=O)CCn1c(=S)[nH]c2ccccc2c1=O)c1cc(C)cc(C)c1. The maximum Gasteiger partial charge on any atom is 0.262 e. The van der Waals surface area contributed by atoms with Crippen molar-refractivity contribution in [3.8, 4) is 0 Å². The second-order valence-corrected chi connectivity index (χ2v) is 7.05. The highest BCUT2D eigenvalue weighted by Crippen LogP contribution is 2.19. The van der Waals surface area contributed by atoms with Crippen LogP contribution in [0, 0.1) is 18.6 Å². The third-order valence-corrected chi connectivity index (χ3v) is 4.90. The van der Waals surface area contributed by atoms with Crippen molar-refractivity contribution in [1.82, 2.24) is 9.55 Å². The second kappa shape index (κ2) is 7.88. The summed E-state index contributed by atoms with van der Waals surface area (Å²) in [5, 5.41) is 0.570. The van der Waals surface area contributed by atoms with Gasteiger partial charge in [-0.3, -0.25) is 14.2 Å². The number of hydrogen-bond donors (Lipinski definition) is 1. The molecule has 0 aliphatic rings. The largest absolute Gasteiger partial charge is 0.332 e. The molecule has 0 unspecified atom stereocenters. The van der Waals surface area contributed by atoms with Crippen LogP contribution in [0.25, 0.3) is 10.9 Å². The molecule has 0 aliphatic carbocycles. The number of anilines is 1. The lowest BCUT2D eigenvalue weighted by Crippen LogP contribution is -2.33. The molecular formula is C21H23N3O2S. The van der Waals surface area contributed by atoms with E-state index in [1.165, 1.54) is 4.57 Å². The number of aromatic nitrogens is 2. The van der Waals surface area contributed by atoms with Gasteiger partial charge in [0.25, 0.3) is 5.56 Å². The van der Waals surface area contributed by atoms with E-state index in [0.29, 0.717) is 22.2 Å². The second-order valence-electron chi connectivity index (χ2n) is 6.67. The minimum Gasteiger partial charge on any atom is -0.332 e. The summed E-state index contributed by atoms with van der Waals surface area (Å²) in [4.78, 5) is 30.3. The van der Waals surface area contributed by atoms with Gasteiger partial charge in [0.05, 0.1) is 10.9 Å². The van der Waals surface area contributed by atoms with Crippen molar-refractivity contribution < 1.29 is 4.79 Å². The number of rotatable bonds is 5. The molecule has 1 aromatic heterocycles. The molecule has 5 nitrogen and oxygen atoms in total. The first-order chi connectivity index (χ1) is 12.9. The summed E-state index contributed by atoms with van der Waals surface area (Å²) in [6.45, 7) is 6.80. The van der Waals surface area contributed by atoms with E-state index in [4.69, 9.17) is 12.2 Å². The van der Waals surface area contributed by atoms with Crippen molar-refractivity contribution >= 4 is 34.7 Å². The van der Waals surface area contributed by atoms with Crippen LogP contribution in [-0.4, -0.2) is 22.0 Å². The van der Waals surface area contributed by atoms with Crippen molar-refractivity contribution in [3.05, 3.63) is 68.7 Å². The average Bonchev–Trinajstić information content (AvgIpc) is 2.61. The molecule has 3 rings (SSSR count). The average molecular weight is 382 g/mol. The summed E-state index contributed by atoms with van der Waals surface area (Å²) >= 11 is 5.32. The number of aryl methyl sites for hydroxylation is 2. The Balaban J connectivity index is 1.85. The van der Waals surface area contributed by atoms with Crippen molar-refractivity contribution in [2.45, 2.75) is 33.7 Å². The third-order valence-electron chi connectivity index (χ3n) is 4.57.